The summed E-state index contributed by atoms with van der Waals surface area (Å²) in [6.07, 6.45) is 0. The summed E-state index contributed by atoms with van der Waals surface area (Å²) >= 11 is 10.9. The molecule has 5 rings (SSSR count). The maximum atomic E-state index is 13.9. The molecule has 0 radical (unpaired) electrons. The number of sulfone groups is 1. The first kappa shape index (κ1) is 30.7. The van der Waals surface area contributed by atoms with Gasteiger partial charge in [-0.25, -0.2) is 18.8 Å². The first-order chi connectivity index (χ1) is 20.1. The molecular formula is C26H22Cl2N5O6S3-. The van der Waals surface area contributed by atoms with Crippen LogP contribution in [0.3, 0.4) is 0 Å². The van der Waals surface area contributed by atoms with Crippen LogP contribution >= 0.6 is 34.5 Å². The molecule has 0 fully saturated rings. The van der Waals surface area contributed by atoms with E-state index in [1.165, 1.54) is 29.5 Å². The van der Waals surface area contributed by atoms with Crippen LogP contribution in [0, 0.1) is 0 Å². The van der Waals surface area contributed by atoms with Gasteiger partial charge in [0.1, 0.15) is 5.01 Å². The second kappa shape index (κ2) is 13.2. The number of methoxy groups -OCH3 is 1. The Balaban J connectivity index is 1.52. The van der Waals surface area contributed by atoms with Gasteiger partial charge in [-0.05, 0) is 52.6 Å². The molecule has 2 heterocycles. The average Bonchev–Trinajstić information content (AvgIpc) is 3.54. The van der Waals surface area contributed by atoms with Gasteiger partial charge < -0.3 is 13.7 Å². The van der Waals surface area contributed by atoms with Crippen molar-refractivity contribution in [3.8, 4) is 11.1 Å². The van der Waals surface area contributed by atoms with Gasteiger partial charge in [-0.1, -0.05) is 53.5 Å². The van der Waals surface area contributed by atoms with Crippen LogP contribution < -0.4 is 10.3 Å². The summed E-state index contributed by atoms with van der Waals surface area (Å²) in [6.45, 7) is 0.334. The van der Waals surface area contributed by atoms with Gasteiger partial charge in [0.25, 0.3) is 0 Å². The molecule has 0 bridgehead atoms. The Labute approximate surface area is 257 Å². The van der Waals surface area contributed by atoms with Crippen molar-refractivity contribution < 1.29 is 26.3 Å². The molecule has 2 aromatic heterocycles. The normalized spacial score (nSPS) is 13.4. The number of hydrogen-bond donors (Lipinski definition) is 2. The van der Waals surface area contributed by atoms with E-state index in [0.717, 1.165) is 21.4 Å². The number of hydrazine groups is 1. The molecule has 5 aromatic rings. The summed E-state index contributed by atoms with van der Waals surface area (Å²) in [6, 6.07) is 18.2. The maximum absolute atomic E-state index is 13.9. The van der Waals surface area contributed by atoms with Gasteiger partial charge in [-0.2, -0.15) is 4.83 Å². The highest BCUT2D eigenvalue weighted by atomic mass is 35.5. The van der Waals surface area contributed by atoms with E-state index < -0.39 is 32.1 Å². The predicted molar refractivity (Wildman–Crippen MR) is 160 cm³/mol. The molecule has 0 amide bonds. The summed E-state index contributed by atoms with van der Waals surface area (Å²) in [5, 5.41) is 7.26. The number of benzene rings is 3. The monoisotopic (exact) mass is 666 g/mol. The minimum Gasteiger partial charge on any atom is -0.759 e. The van der Waals surface area contributed by atoms with Crippen molar-refractivity contribution in [1.82, 2.24) is 25.4 Å². The predicted octanol–water partition coefficient (Wildman–Crippen LogP) is 4.89. The summed E-state index contributed by atoms with van der Waals surface area (Å²) in [5.74, 6) is -0.676. The molecule has 2 unspecified atom stereocenters. The Morgan fingerprint density at radius 1 is 1.02 bits per heavy atom. The maximum Gasteiger partial charge on any atom is 0.241 e. The first-order valence-corrected chi connectivity index (χ1v) is 16.5. The van der Waals surface area contributed by atoms with Crippen LogP contribution in [0.1, 0.15) is 33.2 Å². The Bertz CT molecular complexity index is 1830. The third kappa shape index (κ3) is 7.40. The standard InChI is InChI=1S/C26H23Cl2N5O6S3/c1-38-13-15-2-4-17(5-3-15)18-6-7-21-22(10-18)40-26(30-21)24(25-32-31-23(39-25)12-29-33-41(34)35)42(36,37)14-16-8-19(27)11-20(28)9-16/h2-11,24,29,33H,12-14H2,1H3,(H,34,35)/p-1. The smallest absolute Gasteiger partial charge is 0.241 e. The zero-order chi connectivity index (χ0) is 29.9. The molecular weight excluding hydrogens is 645 g/mol. The summed E-state index contributed by atoms with van der Waals surface area (Å²) in [4.78, 5) is 6.60. The lowest BCUT2D eigenvalue weighted by Gasteiger charge is -2.12. The second-order valence-corrected chi connectivity index (χ2v) is 13.7. The van der Waals surface area contributed by atoms with E-state index in [9.17, 15) is 17.2 Å². The van der Waals surface area contributed by atoms with Crippen LogP contribution in [-0.2, 0) is 44.7 Å². The van der Waals surface area contributed by atoms with Crippen molar-refractivity contribution in [3.05, 3.63) is 98.6 Å². The molecule has 16 heteroatoms. The number of thiazole rings is 1. The van der Waals surface area contributed by atoms with Crippen LogP contribution in [0.5, 0.6) is 0 Å². The molecule has 0 spiro atoms. The molecule has 2 atom stereocenters. The van der Waals surface area contributed by atoms with Crippen molar-refractivity contribution in [2.45, 2.75) is 24.2 Å². The SMILES string of the molecule is COCc1ccc(-c2ccc3nc(C(c4nnc(CNNS(=O)[O-])o4)S(=O)(=O)Cc4cc(Cl)cc(Cl)c4)sc3c2)cc1. The minimum absolute atomic E-state index is 0.0331. The molecule has 3 aromatic carbocycles. The van der Waals surface area contributed by atoms with E-state index in [1.807, 2.05) is 47.3 Å². The highest BCUT2D eigenvalue weighted by molar-refractivity contribution is 7.91. The van der Waals surface area contributed by atoms with Gasteiger partial charge in [-0.3, -0.25) is 4.21 Å². The van der Waals surface area contributed by atoms with Gasteiger partial charge in [-0.15, -0.1) is 21.5 Å². The zero-order valence-electron chi connectivity index (χ0n) is 21.7. The van der Waals surface area contributed by atoms with Crippen molar-refractivity contribution in [2.75, 3.05) is 7.11 Å². The van der Waals surface area contributed by atoms with E-state index >= 15 is 0 Å². The number of nitrogens with one attached hydrogen (secondary N) is 2. The fourth-order valence-corrected chi connectivity index (χ4v) is 8.12. The fraction of sp³-hybridized carbons (Fsp3) is 0.192. The van der Waals surface area contributed by atoms with E-state index in [2.05, 4.69) is 20.6 Å². The summed E-state index contributed by atoms with van der Waals surface area (Å²) in [5.41, 5.74) is 6.32. The fourth-order valence-electron chi connectivity index (χ4n) is 4.23. The van der Waals surface area contributed by atoms with Crippen LogP contribution in [0.15, 0.2) is 65.1 Å². The zero-order valence-corrected chi connectivity index (χ0v) is 25.7. The molecule has 0 aliphatic rings. The van der Waals surface area contributed by atoms with Crippen molar-refractivity contribution in [3.63, 3.8) is 0 Å². The average molecular weight is 668 g/mol. The lowest BCUT2D eigenvalue weighted by molar-refractivity contribution is 0.185. The molecule has 0 saturated carbocycles. The number of halogens is 2. The Morgan fingerprint density at radius 3 is 2.43 bits per heavy atom. The van der Waals surface area contributed by atoms with Crippen molar-refractivity contribution in [2.24, 2.45) is 0 Å². The summed E-state index contributed by atoms with van der Waals surface area (Å²) < 4.78 is 60.9. The number of rotatable bonds is 12. The molecule has 0 aliphatic carbocycles. The topological polar surface area (TPSA) is 159 Å². The molecule has 220 valence electrons. The Hall–Kier alpha value is -2.79. The van der Waals surface area contributed by atoms with Gasteiger partial charge in [0.05, 0.1) is 29.1 Å². The van der Waals surface area contributed by atoms with E-state index in [1.54, 1.807) is 7.11 Å². The van der Waals surface area contributed by atoms with Crippen LogP contribution in [0.25, 0.3) is 21.3 Å². The largest absolute Gasteiger partial charge is 0.759 e. The number of aromatic nitrogens is 3. The quantitative estimate of drug-likeness (QED) is 0.139. The van der Waals surface area contributed by atoms with Crippen LogP contribution in [0.4, 0.5) is 0 Å². The van der Waals surface area contributed by atoms with E-state index in [0.29, 0.717) is 27.7 Å². The van der Waals surface area contributed by atoms with Gasteiger partial charge in [0.15, 0.2) is 15.1 Å². The third-order valence-corrected chi connectivity index (χ3v) is 9.84. The lowest BCUT2D eigenvalue weighted by atomic mass is 10.0. The third-order valence-electron chi connectivity index (χ3n) is 5.98. The molecule has 0 saturated heterocycles. The van der Waals surface area contributed by atoms with Gasteiger partial charge >= 0.3 is 0 Å². The molecule has 0 aliphatic heterocycles. The Kier molecular flexibility index (Phi) is 9.67. The second-order valence-electron chi connectivity index (χ2n) is 9.05. The number of ether oxygens (including phenoxy) is 1. The lowest BCUT2D eigenvalue weighted by Crippen LogP contribution is -2.32. The van der Waals surface area contributed by atoms with Gasteiger partial charge in [0.2, 0.25) is 11.8 Å². The van der Waals surface area contributed by atoms with E-state index in [-0.39, 0.29) is 23.3 Å². The van der Waals surface area contributed by atoms with Gasteiger partial charge in [0, 0.05) is 28.4 Å². The molecule has 2 N–H and O–H groups in total. The van der Waals surface area contributed by atoms with Crippen LogP contribution in [-0.4, -0.2) is 39.5 Å². The molecule has 42 heavy (non-hydrogen) atoms. The van der Waals surface area contributed by atoms with Crippen molar-refractivity contribution in [1.29, 1.82) is 0 Å². The highest BCUT2D eigenvalue weighted by Gasteiger charge is 2.37. The highest BCUT2D eigenvalue weighted by Crippen LogP contribution is 2.38. The molecule has 11 nitrogen and oxygen atoms in total. The van der Waals surface area contributed by atoms with Crippen LogP contribution in [0.2, 0.25) is 10.0 Å². The number of nitrogens with zero attached hydrogens (tertiary/aromatic N) is 3. The number of fused-ring (bicyclic) bond motifs is 1. The minimum atomic E-state index is -4.07. The Morgan fingerprint density at radius 2 is 1.74 bits per heavy atom. The first-order valence-electron chi connectivity index (χ1n) is 12.2. The van der Waals surface area contributed by atoms with Crippen molar-refractivity contribution >= 4 is 65.9 Å². The number of hydrogen-bond acceptors (Lipinski definition) is 11. The summed E-state index contributed by atoms with van der Waals surface area (Å²) in [7, 11) is -2.43. The van der Waals surface area contributed by atoms with E-state index in [4.69, 9.17) is 32.4 Å².